The van der Waals surface area contributed by atoms with E-state index in [1.54, 1.807) is 6.08 Å². The lowest BCUT2D eigenvalue weighted by atomic mass is 9.83. The van der Waals surface area contributed by atoms with Gasteiger partial charge >= 0.3 is 0 Å². The van der Waals surface area contributed by atoms with Crippen molar-refractivity contribution in [1.29, 1.82) is 0 Å². The molecular formula is C19H15NO3. The Morgan fingerprint density at radius 2 is 2.09 bits per heavy atom. The van der Waals surface area contributed by atoms with Crippen LogP contribution in [0.15, 0.2) is 41.4 Å². The highest BCUT2D eigenvalue weighted by atomic mass is 16.5. The first-order valence-electron chi connectivity index (χ1n) is 7.66. The zero-order valence-corrected chi connectivity index (χ0v) is 12.5. The highest BCUT2D eigenvalue weighted by Gasteiger charge is 2.32. The minimum atomic E-state index is -0.348. The average molecular weight is 305 g/mol. The number of hydrogen-bond donors (Lipinski definition) is 0. The monoisotopic (exact) mass is 305 g/mol. The molecule has 2 aromatic carbocycles. The van der Waals surface area contributed by atoms with Crippen LogP contribution in [0.5, 0.6) is 0 Å². The molecule has 0 amide bonds. The molecule has 1 heterocycles. The lowest BCUT2D eigenvalue weighted by molar-refractivity contribution is -0.130. The zero-order valence-electron chi connectivity index (χ0n) is 12.5. The summed E-state index contributed by atoms with van der Waals surface area (Å²) in [6.45, 7) is 3.79. The van der Waals surface area contributed by atoms with Crippen LogP contribution in [-0.2, 0) is 9.59 Å². The SMILES string of the molecule is C=Cc1ccc2c(ccc3onc(C4CCC(=O)CC4=O)c32)c1. The summed E-state index contributed by atoms with van der Waals surface area (Å²) in [5, 5.41) is 7.10. The van der Waals surface area contributed by atoms with Gasteiger partial charge in [0.05, 0.1) is 17.7 Å². The molecule has 1 aliphatic rings. The number of carbonyl (C=O) groups excluding carboxylic acids is 2. The molecule has 0 saturated heterocycles. The first-order chi connectivity index (χ1) is 11.2. The smallest absolute Gasteiger partial charge is 0.167 e. The Hall–Kier alpha value is -2.75. The average Bonchev–Trinajstić information content (AvgIpc) is 2.98. The fourth-order valence-electron chi connectivity index (χ4n) is 3.34. The summed E-state index contributed by atoms with van der Waals surface area (Å²) in [4.78, 5) is 23.7. The Morgan fingerprint density at radius 1 is 1.22 bits per heavy atom. The quantitative estimate of drug-likeness (QED) is 0.671. The van der Waals surface area contributed by atoms with E-state index >= 15 is 0 Å². The lowest BCUT2D eigenvalue weighted by Gasteiger charge is -2.17. The van der Waals surface area contributed by atoms with Gasteiger partial charge in [-0.3, -0.25) is 9.59 Å². The highest BCUT2D eigenvalue weighted by Crippen LogP contribution is 2.36. The van der Waals surface area contributed by atoms with Crippen LogP contribution in [0.2, 0.25) is 0 Å². The summed E-state index contributed by atoms with van der Waals surface area (Å²) >= 11 is 0. The molecule has 1 fully saturated rings. The number of hydrogen-bond acceptors (Lipinski definition) is 4. The molecule has 1 atom stereocenters. The molecule has 4 rings (SSSR count). The van der Waals surface area contributed by atoms with E-state index < -0.39 is 0 Å². The fourth-order valence-corrected chi connectivity index (χ4v) is 3.34. The second kappa shape index (κ2) is 5.16. The third kappa shape index (κ3) is 2.18. The topological polar surface area (TPSA) is 60.2 Å². The molecule has 3 aromatic rings. The predicted octanol–water partition coefficient (Wildman–Crippen LogP) is 4.03. The molecule has 0 N–H and O–H groups in total. The molecule has 1 aliphatic carbocycles. The van der Waals surface area contributed by atoms with E-state index in [2.05, 4.69) is 11.7 Å². The van der Waals surface area contributed by atoms with Gasteiger partial charge in [-0.25, -0.2) is 0 Å². The fraction of sp³-hybridized carbons (Fsp3) is 0.211. The number of rotatable bonds is 2. The Morgan fingerprint density at radius 3 is 2.87 bits per heavy atom. The molecule has 1 aromatic heterocycles. The first-order valence-corrected chi connectivity index (χ1v) is 7.66. The van der Waals surface area contributed by atoms with E-state index in [4.69, 9.17) is 4.52 Å². The molecule has 1 saturated carbocycles. The van der Waals surface area contributed by atoms with Gasteiger partial charge in [0.15, 0.2) is 5.58 Å². The number of nitrogens with zero attached hydrogens (tertiary/aromatic N) is 1. The van der Waals surface area contributed by atoms with Gasteiger partial charge in [0.1, 0.15) is 17.3 Å². The Balaban J connectivity index is 1.94. The maximum absolute atomic E-state index is 12.3. The highest BCUT2D eigenvalue weighted by molar-refractivity contribution is 6.11. The number of carbonyl (C=O) groups is 2. The Kier molecular flexibility index (Phi) is 3.11. The molecule has 4 nitrogen and oxygen atoms in total. The van der Waals surface area contributed by atoms with Crippen LogP contribution in [0, 0.1) is 0 Å². The van der Waals surface area contributed by atoms with Gasteiger partial charge in [0.25, 0.3) is 0 Å². The lowest BCUT2D eigenvalue weighted by Crippen LogP contribution is -2.23. The van der Waals surface area contributed by atoms with Crippen molar-refractivity contribution >= 4 is 39.4 Å². The van der Waals surface area contributed by atoms with Crippen molar-refractivity contribution in [3.05, 3.63) is 48.2 Å². The van der Waals surface area contributed by atoms with Crippen LogP contribution in [-0.4, -0.2) is 16.7 Å². The second-order valence-corrected chi connectivity index (χ2v) is 5.96. The van der Waals surface area contributed by atoms with Crippen molar-refractivity contribution in [1.82, 2.24) is 5.16 Å². The maximum Gasteiger partial charge on any atom is 0.167 e. The van der Waals surface area contributed by atoms with Crippen molar-refractivity contribution in [2.75, 3.05) is 0 Å². The summed E-state index contributed by atoms with van der Waals surface area (Å²) in [5.41, 5.74) is 2.37. The van der Waals surface area contributed by atoms with Crippen LogP contribution >= 0.6 is 0 Å². The van der Waals surface area contributed by atoms with Gasteiger partial charge in [-0.15, -0.1) is 0 Å². The van der Waals surface area contributed by atoms with E-state index in [0.717, 1.165) is 21.7 Å². The van der Waals surface area contributed by atoms with Crippen LogP contribution in [0.3, 0.4) is 0 Å². The van der Waals surface area contributed by atoms with Crippen molar-refractivity contribution in [3.63, 3.8) is 0 Å². The minimum Gasteiger partial charge on any atom is -0.356 e. The van der Waals surface area contributed by atoms with Gasteiger partial charge in [-0.05, 0) is 34.9 Å². The van der Waals surface area contributed by atoms with Crippen LogP contribution < -0.4 is 0 Å². The largest absolute Gasteiger partial charge is 0.356 e. The number of benzene rings is 2. The molecule has 0 bridgehead atoms. The number of ketones is 2. The van der Waals surface area contributed by atoms with Gasteiger partial charge in [-0.1, -0.05) is 36.0 Å². The molecule has 0 spiro atoms. The second-order valence-electron chi connectivity index (χ2n) is 5.96. The van der Waals surface area contributed by atoms with E-state index in [1.807, 2.05) is 30.3 Å². The number of aromatic nitrogens is 1. The molecule has 0 radical (unpaired) electrons. The summed E-state index contributed by atoms with van der Waals surface area (Å²) < 4.78 is 5.43. The molecular weight excluding hydrogens is 290 g/mol. The molecule has 4 heteroatoms. The molecule has 23 heavy (non-hydrogen) atoms. The van der Waals surface area contributed by atoms with Crippen LogP contribution in [0.4, 0.5) is 0 Å². The van der Waals surface area contributed by atoms with Crippen molar-refractivity contribution in [2.24, 2.45) is 0 Å². The van der Waals surface area contributed by atoms with Crippen molar-refractivity contribution in [3.8, 4) is 0 Å². The molecule has 1 unspecified atom stereocenters. The summed E-state index contributed by atoms with van der Waals surface area (Å²) in [6, 6.07) is 9.89. The summed E-state index contributed by atoms with van der Waals surface area (Å²) in [5.74, 6) is -0.394. The summed E-state index contributed by atoms with van der Waals surface area (Å²) in [6.07, 6.45) is 2.75. The Labute approximate surface area is 132 Å². The summed E-state index contributed by atoms with van der Waals surface area (Å²) in [7, 11) is 0. The number of Topliss-reactive ketones (excluding diaryl/α,β-unsaturated/α-hetero) is 2. The van der Waals surface area contributed by atoms with E-state index in [9.17, 15) is 9.59 Å². The van der Waals surface area contributed by atoms with Gasteiger partial charge in [-0.2, -0.15) is 0 Å². The van der Waals surface area contributed by atoms with E-state index in [0.29, 0.717) is 24.1 Å². The molecule has 0 aliphatic heterocycles. The molecule has 114 valence electrons. The standard InChI is InChI=1S/C19H15NO3/c1-2-11-3-6-14-12(9-11)4-8-17-18(14)19(20-23-17)15-7-5-13(21)10-16(15)22/h2-4,6,8-9,15H,1,5,7,10H2. The predicted molar refractivity (Wildman–Crippen MR) is 88.2 cm³/mol. The van der Waals surface area contributed by atoms with E-state index in [1.165, 1.54) is 0 Å². The van der Waals surface area contributed by atoms with Gasteiger partial charge in [0.2, 0.25) is 0 Å². The normalized spacial score (nSPS) is 18.7. The number of fused-ring (bicyclic) bond motifs is 3. The first kappa shape index (κ1) is 13.9. The zero-order chi connectivity index (χ0) is 16.0. The third-order valence-electron chi connectivity index (χ3n) is 4.54. The van der Waals surface area contributed by atoms with E-state index in [-0.39, 0.29) is 23.9 Å². The van der Waals surface area contributed by atoms with Gasteiger partial charge < -0.3 is 4.52 Å². The van der Waals surface area contributed by atoms with Crippen molar-refractivity contribution < 1.29 is 14.1 Å². The maximum atomic E-state index is 12.3. The van der Waals surface area contributed by atoms with Crippen molar-refractivity contribution in [2.45, 2.75) is 25.2 Å². The van der Waals surface area contributed by atoms with Crippen LogP contribution in [0.25, 0.3) is 27.8 Å². The van der Waals surface area contributed by atoms with Gasteiger partial charge in [0, 0.05) is 6.42 Å². The van der Waals surface area contributed by atoms with Crippen LogP contribution in [0.1, 0.15) is 36.4 Å². The Bertz CT molecular complexity index is 967. The minimum absolute atomic E-state index is 0.00436. The third-order valence-corrected chi connectivity index (χ3v) is 4.54.